The lowest BCUT2D eigenvalue weighted by Gasteiger charge is -2.29. The number of likely N-dealkylation sites (tertiary alicyclic amines) is 1. The minimum absolute atomic E-state index is 0.0886. The Hall–Kier alpha value is -2.54. The van der Waals surface area contributed by atoms with E-state index in [-0.39, 0.29) is 5.91 Å². The van der Waals surface area contributed by atoms with Gasteiger partial charge in [0.1, 0.15) is 5.82 Å². The van der Waals surface area contributed by atoms with Crippen LogP contribution in [0.3, 0.4) is 0 Å². The Kier molecular flexibility index (Phi) is 5.29. The normalized spacial score (nSPS) is 17.0. The number of amides is 1. The highest BCUT2D eigenvalue weighted by molar-refractivity contribution is 5.74. The number of rotatable bonds is 5. The van der Waals surface area contributed by atoms with E-state index in [9.17, 15) is 4.79 Å². The van der Waals surface area contributed by atoms with Gasteiger partial charge in [0.05, 0.1) is 12.2 Å². The predicted molar refractivity (Wildman–Crippen MR) is 104 cm³/mol. The van der Waals surface area contributed by atoms with E-state index >= 15 is 0 Å². The molecule has 27 heavy (non-hydrogen) atoms. The third-order valence-corrected chi connectivity index (χ3v) is 5.35. The van der Waals surface area contributed by atoms with Gasteiger partial charge in [-0.15, -0.1) is 0 Å². The number of nitrogens with zero attached hydrogens (tertiary/aromatic N) is 5. The van der Waals surface area contributed by atoms with Crippen molar-refractivity contribution in [1.82, 2.24) is 24.8 Å². The van der Waals surface area contributed by atoms with E-state index in [0.29, 0.717) is 12.4 Å². The van der Waals surface area contributed by atoms with Crippen LogP contribution in [-0.4, -0.2) is 63.4 Å². The number of carbonyl (C=O) groups excluding carboxylic acids is 1. The second-order valence-corrected chi connectivity index (χ2v) is 7.23. The van der Waals surface area contributed by atoms with Crippen LogP contribution in [0.2, 0.25) is 0 Å². The lowest BCUT2D eigenvalue weighted by Crippen LogP contribution is -2.35. The number of fused-ring (bicyclic) bond motifs is 1. The quantitative estimate of drug-likeness (QED) is 0.872. The van der Waals surface area contributed by atoms with E-state index in [1.54, 1.807) is 19.3 Å². The summed E-state index contributed by atoms with van der Waals surface area (Å²) in [7, 11) is 0. The molecule has 2 aromatic heterocycles. The summed E-state index contributed by atoms with van der Waals surface area (Å²) in [6, 6.07) is 3.86. The first-order valence-corrected chi connectivity index (χ1v) is 9.72. The molecule has 4 rings (SSSR count). The highest BCUT2D eigenvalue weighted by Gasteiger charge is 2.24. The third-order valence-electron chi connectivity index (χ3n) is 5.35. The zero-order valence-corrected chi connectivity index (χ0v) is 15.8. The van der Waals surface area contributed by atoms with Crippen LogP contribution >= 0.6 is 0 Å². The molecule has 0 radical (unpaired) electrons. The summed E-state index contributed by atoms with van der Waals surface area (Å²) >= 11 is 0. The van der Waals surface area contributed by atoms with Gasteiger partial charge in [-0.1, -0.05) is 0 Å². The van der Waals surface area contributed by atoms with Crippen molar-refractivity contribution >= 4 is 11.7 Å². The monoisotopic (exact) mass is 366 g/mol. The molecule has 0 atom stereocenters. The van der Waals surface area contributed by atoms with Crippen LogP contribution in [0.5, 0.6) is 0 Å². The average molecular weight is 366 g/mol. The number of anilines is 1. The zero-order chi connectivity index (χ0) is 18.6. The molecule has 2 aromatic rings. The Bertz CT molecular complexity index is 804. The summed E-state index contributed by atoms with van der Waals surface area (Å²) in [5.74, 6) is 1.66. The molecule has 1 N–H and O–H groups in total. The summed E-state index contributed by atoms with van der Waals surface area (Å²) in [6.45, 7) is 7.16. The van der Waals surface area contributed by atoms with Crippen molar-refractivity contribution in [1.29, 1.82) is 0 Å². The molecular formula is C20H26N6O. The minimum atomic E-state index is 0.0886. The molecule has 7 heteroatoms. The van der Waals surface area contributed by atoms with E-state index in [4.69, 9.17) is 9.97 Å². The maximum Gasteiger partial charge on any atom is 0.219 e. The number of carbonyl (C=O) groups is 1. The Morgan fingerprint density at radius 2 is 2.07 bits per heavy atom. The number of nitrogens with one attached hydrogen (secondary N) is 1. The topological polar surface area (TPSA) is 74.2 Å². The van der Waals surface area contributed by atoms with Crippen LogP contribution in [0.15, 0.2) is 24.5 Å². The highest BCUT2D eigenvalue weighted by atomic mass is 16.2. The van der Waals surface area contributed by atoms with Gasteiger partial charge in [0, 0.05) is 50.1 Å². The SMILES string of the molecule is CC(=O)N1CCc2c(nc(-c3cccnc3)nc2NCCN2CCCC2)C1. The molecule has 2 aliphatic heterocycles. The predicted octanol–water partition coefficient (Wildman–Crippen LogP) is 1.95. The van der Waals surface area contributed by atoms with Crippen molar-refractivity contribution in [2.45, 2.75) is 32.7 Å². The number of hydrogen-bond donors (Lipinski definition) is 1. The molecule has 1 amide bonds. The standard InChI is InChI=1S/C20H26N6O/c1-15(27)26-11-6-17-18(14-26)23-19(16-5-4-7-21-13-16)24-20(17)22-8-12-25-9-2-3-10-25/h4-5,7,13H,2-3,6,8-12,14H2,1H3,(H,22,23,24). The van der Waals surface area contributed by atoms with Gasteiger partial charge in [-0.05, 0) is 44.5 Å². The molecule has 7 nitrogen and oxygen atoms in total. The van der Waals surface area contributed by atoms with Crippen molar-refractivity contribution in [3.05, 3.63) is 35.8 Å². The molecule has 142 valence electrons. The lowest BCUT2D eigenvalue weighted by molar-refractivity contribution is -0.129. The molecule has 1 saturated heterocycles. The summed E-state index contributed by atoms with van der Waals surface area (Å²) < 4.78 is 0. The molecule has 0 saturated carbocycles. The Labute approximate surface area is 159 Å². The van der Waals surface area contributed by atoms with Crippen molar-refractivity contribution in [3.63, 3.8) is 0 Å². The average Bonchev–Trinajstić information content (AvgIpc) is 3.21. The minimum Gasteiger partial charge on any atom is -0.368 e. The molecule has 0 unspecified atom stereocenters. The maximum atomic E-state index is 11.8. The molecule has 2 aliphatic rings. The highest BCUT2D eigenvalue weighted by Crippen LogP contribution is 2.27. The molecular weight excluding hydrogens is 340 g/mol. The van der Waals surface area contributed by atoms with Crippen LogP contribution in [0, 0.1) is 0 Å². The second kappa shape index (κ2) is 8.00. The number of hydrogen-bond acceptors (Lipinski definition) is 6. The fourth-order valence-electron chi connectivity index (χ4n) is 3.81. The van der Waals surface area contributed by atoms with Crippen molar-refractivity contribution in [3.8, 4) is 11.4 Å². The van der Waals surface area contributed by atoms with E-state index in [2.05, 4.69) is 15.2 Å². The Balaban J connectivity index is 1.60. The van der Waals surface area contributed by atoms with Crippen LogP contribution in [0.1, 0.15) is 31.0 Å². The van der Waals surface area contributed by atoms with E-state index in [1.165, 1.54) is 25.9 Å². The van der Waals surface area contributed by atoms with Crippen LogP contribution in [-0.2, 0) is 17.8 Å². The van der Waals surface area contributed by atoms with E-state index < -0.39 is 0 Å². The first-order valence-electron chi connectivity index (χ1n) is 9.72. The van der Waals surface area contributed by atoms with Crippen LogP contribution in [0.25, 0.3) is 11.4 Å². The molecule has 0 aliphatic carbocycles. The Morgan fingerprint density at radius 3 is 2.81 bits per heavy atom. The largest absolute Gasteiger partial charge is 0.368 e. The number of pyridine rings is 1. The smallest absolute Gasteiger partial charge is 0.219 e. The van der Waals surface area contributed by atoms with Gasteiger partial charge < -0.3 is 15.1 Å². The van der Waals surface area contributed by atoms with E-state index in [0.717, 1.165) is 48.7 Å². The Morgan fingerprint density at radius 1 is 1.22 bits per heavy atom. The van der Waals surface area contributed by atoms with Gasteiger partial charge in [0.2, 0.25) is 5.91 Å². The van der Waals surface area contributed by atoms with Gasteiger partial charge in [-0.25, -0.2) is 9.97 Å². The molecule has 0 bridgehead atoms. The number of aromatic nitrogens is 3. The molecule has 0 spiro atoms. The van der Waals surface area contributed by atoms with Gasteiger partial charge >= 0.3 is 0 Å². The van der Waals surface area contributed by atoms with Crippen LogP contribution in [0.4, 0.5) is 5.82 Å². The van der Waals surface area contributed by atoms with Crippen molar-refractivity contribution in [2.75, 3.05) is 38.0 Å². The first kappa shape index (κ1) is 17.9. The van der Waals surface area contributed by atoms with Gasteiger partial charge in [-0.2, -0.15) is 0 Å². The fraction of sp³-hybridized carbons (Fsp3) is 0.500. The first-order chi connectivity index (χ1) is 13.2. The van der Waals surface area contributed by atoms with Crippen molar-refractivity contribution in [2.24, 2.45) is 0 Å². The summed E-state index contributed by atoms with van der Waals surface area (Å²) in [5.41, 5.74) is 2.97. The fourth-order valence-corrected chi connectivity index (χ4v) is 3.81. The van der Waals surface area contributed by atoms with Gasteiger partial charge in [0.15, 0.2) is 5.82 Å². The third kappa shape index (κ3) is 4.08. The summed E-state index contributed by atoms with van der Waals surface area (Å²) in [4.78, 5) is 29.9. The summed E-state index contributed by atoms with van der Waals surface area (Å²) in [5, 5.41) is 3.54. The second-order valence-electron chi connectivity index (χ2n) is 7.23. The summed E-state index contributed by atoms with van der Waals surface area (Å²) in [6.07, 6.45) is 6.91. The zero-order valence-electron chi connectivity index (χ0n) is 15.8. The van der Waals surface area contributed by atoms with E-state index in [1.807, 2.05) is 17.0 Å². The van der Waals surface area contributed by atoms with Crippen LogP contribution < -0.4 is 5.32 Å². The lowest BCUT2D eigenvalue weighted by atomic mass is 10.0. The molecule has 0 aromatic carbocycles. The molecule has 4 heterocycles. The maximum absolute atomic E-state index is 11.8. The molecule has 1 fully saturated rings. The van der Waals surface area contributed by atoms with Crippen molar-refractivity contribution < 1.29 is 4.79 Å². The van der Waals surface area contributed by atoms with Gasteiger partial charge in [-0.3, -0.25) is 9.78 Å². The van der Waals surface area contributed by atoms with Gasteiger partial charge in [0.25, 0.3) is 0 Å².